The minimum atomic E-state index is -1.75. The van der Waals surface area contributed by atoms with Crippen molar-refractivity contribution in [2.45, 2.75) is 43.2 Å². The molecular weight excluding hydrogens is 506 g/mol. The van der Waals surface area contributed by atoms with Crippen molar-refractivity contribution in [1.29, 1.82) is 0 Å². The van der Waals surface area contributed by atoms with Crippen LogP contribution in [0, 0.1) is 0 Å². The van der Waals surface area contributed by atoms with Gasteiger partial charge >= 0.3 is 5.97 Å². The molecule has 1 saturated heterocycles. The summed E-state index contributed by atoms with van der Waals surface area (Å²) in [5.41, 5.74) is 0.952. The second-order valence-corrected chi connectivity index (χ2v) is 8.79. The molecule has 2 heterocycles. The highest BCUT2D eigenvalue weighted by molar-refractivity contribution is 6.09. The second kappa shape index (κ2) is 10.8. The van der Waals surface area contributed by atoms with Crippen LogP contribution in [0.3, 0.4) is 0 Å². The van der Waals surface area contributed by atoms with Gasteiger partial charge in [-0.05, 0) is 35.4 Å². The SMILES string of the molecule is COc1cc(C=CC(=O)N2c3cc(OC4OC(CO)C(O)C(O)C4O)c(O)cc3CC2C(=O)O)ccc1O. The zero-order chi connectivity index (χ0) is 27.7. The van der Waals surface area contributed by atoms with Crippen LogP contribution in [0.5, 0.6) is 23.0 Å². The van der Waals surface area contributed by atoms with E-state index < -0.39 is 61.0 Å². The van der Waals surface area contributed by atoms with E-state index in [1.54, 1.807) is 0 Å². The number of carboxylic acid groups (broad SMARTS) is 1. The van der Waals surface area contributed by atoms with Crippen LogP contribution >= 0.6 is 0 Å². The van der Waals surface area contributed by atoms with Crippen molar-refractivity contribution in [1.82, 2.24) is 0 Å². The summed E-state index contributed by atoms with van der Waals surface area (Å²) in [4.78, 5) is 26.1. The number of aliphatic hydroxyl groups is 4. The third-order valence-electron chi connectivity index (χ3n) is 6.38. The molecule has 4 rings (SSSR count). The Morgan fingerprint density at radius 3 is 2.45 bits per heavy atom. The Bertz CT molecular complexity index is 1250. The van der Waals surface area contributed by atoms with Gasteiger partial charge in [-0.15, -0.1) is 0 Å². The molecule has 0 aliphatic carbocycles. The lowest BCUT2D eigenvalue weighted by molar-refractivity contribution is -0.277. The molecule has 0 aromatic heterocycles. The number of carboxylic acids is 1. The maximum atomic E-state index is 13.2. The molecule has 13 nitrogen and oxygen atoms in total. The van der Waals surface area contributed by atoms with Gasteiger partial charge < -0.3 is 50.0 Å². The molecule has 0 saturated carbocycles. The number of anilines is 1. The first-order chi connectivity index (χ1) is 18.0. The summed E-state index contributed by atoms with van der Waals surface area (Å²) >= 11 is 0. The monoisotopic (exact) mass is 533 g/mol. The molecule has 1 fully saturated rings. The van der Waals surface area contributed by atoms with E-state index in [1.165, 1.54) is 43.5 Å². The highest BCUT2D eigenvalue weighted by Gasteiger charge is 2.45. The maximum absolute atomic E-state index is 13.2. The molecule has 0 radical (unpaired) electrons. The smallest absolute Gasteiger partial charge is 0.327 e. The first-order valence-corrected chi connectivity index (χ1v) is 11.5. The largest absolute Gasteiger partial charge is 0.504 e. The molecule has 2 aliphatic heterocycles. The molecule has 2 aromatic carbocycles. The Balaban J connectivity index is 1.63. The van der Waals surface area contributed by atoms with Gasteiger partial charge in [0.05, 0.1) is 19.4 Å². The van der Waals surface area contributed by atoms with Gasteiger partial charge in [-0.25, -0.2) is 4.79 Å². The number of fused-ring (bicyclic) bond motifs is 1. The zero-order valence-corrected chi connectivity index (χ0v) is 20.0. The van der Waals surface area contributed by atoms with Crippen molar-refractivity contribution in [3.8, 4) is 23.0 Å². The molecule has 0 spiro atoms. The van der Waals surface area contributed by atoms with E-state index in [9.17, 15) is 45.3 Å². The molecule has 1 amide bonds. The van der Waals surface area contributed by atoms with E-state index in [4.69, 9.17) is 14.2 Å². The molecule has 0 bridgehead atoms. The van der Waals surface area contributed by atoms with E-state index in [0.717, 1.165) is 11.0 Å². The molecule has 38 heavy (non-hydrogen) atoms. The Morgan fingerprint density at radius 2 is 1.79 bits per heavy atom. The van der Waals surface area contributed by atoms with Gasteiger partial charge in [0.15, 0.2) is 23.0 Å². The average Bonchev–Trinajstić information content (AvgIpc) is 3.26. The Hall–Kier alpha value is -3.88. The van der Waals surface area contributed by atoms with E-state index in [0.29, 0.717) is 11.1 Å². The Morgan fingerprint density at radius 1 is 1.05 bits per heavy atom. The van der Waals surface area contributed by atoms with Crippen LogP contribution in [0.1, 0.15) is 11.1 Å². The number of methoxy groups -OCH3 is 1. The summed E-state index contributed by atoms with van der Waals surface area (Å²) in [6.45, 7) is -0.692. The number of aliphatic hydroxyl groups excluding tert-OH is 4. The number of nitrogens with zero attached hydrogens (tertiary/aromatic N) is 1. The van der Waals surface area contributed by atoms with E-state index in [1.807, 2.05) is 0 Å². The maximum Gasteiger partial charge on any atom is 0.327 e. The normalized spacial score (nSPS) is 26.8. The molecule has 6 atom stereocenters. The Kier molecular flexibility index (Phi) is 7.76. The third-order valence-corrected chi connectivity index (χ3v) is 6.38. The van der Waals surface area contributed by atoms with Gasteiger partial charge in [0, 0.05) is 18.6 Å². The lowest BCUT2D eigenvalue weighted by Gasteiger charge is -2.39. The number of benzene rings is 2. The van der Waals surface area contributed by atoms with E-state index >= 15 is 0 Å². The number of aliphatic carboxylic acids is 1. The van der Waals surface area contributed by atoms with Crippen molar-refractivity contribution in [2.24, 2.45) is 0 Å². The van der Waals surface area contributed by atoms with Crippen LogP contribution < -0.4 is 14.4 Å². The van der Waals surface area contributed by atoms with Gasteiger partial charge in [-0.1, -0.05) is 6.07 Å². The number of rotatable bonds is 7. The van der Waals surface area contributed by atoms with Crippen LogP contribution in [0.2, 0.25) is 0 Å². The first kappa shape index (κ1) is 27.2. The molecule has 204 valence electrons. The topological polar surface area (TPSA) is 207 Å². The highest BCUT2D eigenvalue weighted by atomic mass is 16.7. The van der Waals surface area contributed by atoms with Gasteiger partial charge in [0.2, 0.25) is 6.29 Å². The number of carbonyl (C=O) groups excluding carboxylic acids is 1. The fraction of sp³-hybridized carbons (Fsp3) is 0.360. The molecule has 2 aromatic rings. The number of carbonyl (C=O) groups is 2. The van der Waals surface area contributed by atoms with Crippen molar-refractivity contribution >= 4 is 23.6 Å². The van der Waals surface area contributed by atoms with Crippen molar-refractivity contribution in [2.75, 3.05) is 18.6 Å². The average molecular weight is 533 g/mol. The van der Waals surface area contributed by atoms with Crippen LogP contribution in [-0.4, -0.2) is 98.1 Å². The summed E-state index contributed by atoms with van der Waals surface area (Å²) in [7, 11) is 1.37. The third kappa shape index (κ3) is 5.10. The van der Waals surface area contributed by atoms with Crippen LogP contribution in [0.25, 0.3) is 6.08 Å². The predicted molar refractivity (Wildman–Crippen MR) is 129 cm³/mol. The van der Waals surface area contributed by atoms with E-state index in [-0.39, 0.29) is 29.4 Å². The standard InChI is InChI=1S/C25H27NO12/c1-36-17-6-11(2-4-15(17)28)3-5-20(30)26-13-9-18(16(29)8-12(13)7-14(26)24(34)35)37-25-23(33)22(32)21(31)19(10-27)38-25/h2-6,8-9,14,19,21-23,25,27-29,31-33H,7,10H2,1H3,(H,34,35). The number of hydrogen-bond acceptors (Lipinski definition) is 11. The molecule has 13 heteroatoms. The van der Waals surface area contributed by atoms with Crippen LogP contribution in [-0.2, 0) is 20.7 Å². The fourth-order valence-electron chi connectivity index (χ4n) is 4.36. The number of phenols is 2. The molecular formula is C25H27NO12. The molecule has 7 N–H and O–H groups in total. The van der Waals surface area contributed by atoms with Gasteiger partial charge in [-0.3, -0.25) is 9.69 Å². The summed E-state index contributed by atoms with van der Waals surface area (Å²) < 4.78 is 15.9. The number of aromatic hydroxyl groups is 2. The van der Waals surface area contributed by atoms with Crippen molar-refractivity contribution < 1.29 is 59.5 Å². The number of ether oxygens (including phenoxy) is 3. The number of phenolic OH excluding ortho intramolecular Hbond substituents is 2. The Labute approximate surface area is 216 Å². The van der Waals surface area contributed by atoms with Gasteiger partial charge in [0.1, 0.15) is 30.5 Å². The predicted octanol–water partition coefficient (Wildman–Crippen LogP) is -0.659. The lowest BCUT2D eigenvalue weighted by atomic mass is 9.99. The van der Waals surface area contributed by atoms with Crippen molar-refractivity contribution in [3.63, 3.8) is 0 Å². The van der Waals surface area contributed by atoms with Crippen molar-refractivity contribution in [3.05, 3.63) is 47.5 Å². The fourth-order valence-corrected chi connectivity index (χ4v) is 4.36. The summed E-state index contributed by atoms with van der Waals surface area (Å²) in [5, 5.41) is 69.6. The van der Waals surface area contributed by atoms with Crippen LogP contribution in [0.15, 0.2) is 36.4 Å². The number of hydrogen-bond donors (Lipinski definition) is 7. The number of amides is 1. The minimum absolute atomic E-state index is 0.0953. The minimum Gasteiger partial charge on any atom is -0.504 e. The van der Waals surface area contributed by atoms with Gasteiger partial charge in [-0.2, -0.15) is 0 Å². The summed E-state index contributed by atoms with van der Waals surface area (Å²) in [6.07, 6.45) is -5.52. The quantitative estimate of drug-likeness (QED) is 0.222. The summed E-state index contributed by atoms with van der Waals surface area (Å²) in [5.74, 6) is -2.66. The highest BCUT2D eigenvalue weighted by Crippen LogP contribution is 2.42. The molecule has 6 unspecified atom stereocenters. The zero-order valence-electron chi connectivity index (χ0n) is 20.0. The second-order valence-electron chi connectivity index (χ2n) is 8.79. The van der Waals surface area contributed by atoms with E-state index in [2.05, 4.69) is 0 Å². The first-order valence-electron chi connectivity index (χ1n) is 11.5. The summed E-state index contributed by atoms with van der Waals surface area (Å²) in [6, 6.07) is 5.50. The van der Waals surface area contributed by atoms with Gasteiger partial charge in [0.25, 0.3) is 5.91 Å². The molecule has 2 aliphatic rings. The lowest BCUT2D eigenvalue weighted by Crippen LogP contribution is -2.60. The van der Waals surface area contributed by atoms with Crippen LogP contribution in [0.4, 0.5) is 5.69 Å².